The van der Waals surface area contributed by atoms with E-state index in [9.17, 15) is 0 Å². The average Bonchev–Trinajstić information content (AvgIpc) is 2.61. The predicted molar refractivity (Wildman–Crippen MR) is 68.8 cm³/mol. The fraction of sp³-hybridized carbons (Fsp3) is 0.833. The molecule has 5 nitrogen and oxygen atoms in total. The Hall–Kier alpha value is -1.10. The Morgan fingerprint density at radius 2 is 1.82 bits per heavy atom. The third kappa shape index (κ3) is 5.68. The zero-order chi connectivity index (χ0) is 12.8. The Balaban J connectivity index is 2.39. The molecule has 17 heavy (non-hydrogen) atoms. The molecule has 1 unspecified atom stereocenters. The molecule has 1 heterocycles. The highest BCUT2D eigenvalue weighted by Crippen LogP contribution is 2.11. The molecule has 98 valence electrons. The average molecular weight is 240 g/mol. The Labute approximate surface area is 103 Å². The molecule has 0 aliphatic rings. The van der Waals surface area contributed by atoms with Gasteiger partial charge in [-0.15, -0.1) is 5.10 Å². The van der Waals surface area contributed by atoms with Crippen LogP contribution in [-0.4, -0.2) is 22.3 Å². The number of nitrogens with zero attached hydrogens (tertiary/aromatic N) is 2. The Bertz CT molecular complexity index is 322. The molecule has 0 aliphatic heterocycles. The van der Waals surface area contributed by atoms with Gasteiger partial charge in [0.1, 0.15) is 0 Å². The number of anilines is 1. The molecule has 1 rings (SSSR count). The monoisotopic (exact) mass is 240 g/mol. The zero-order valence-electron chi connectivity index (χ0n) is 11.4. The lowest BCUT2D eigenvalue weighted by atomic mass is 10.1. The standard InChI is InChI=1S/C12H24N4O/c1-8(2)6-10(5)14-12-16-15-11(17-12)7-13-9(3)4/h8-10,13H,6-7H2,1-5H3,(H,14,16). The van der Waals surface area contributed by atoms with Gasteiger partial charge in [-0.25, -0.2) is 0 Å². The van der Waals surface area contributed by atoms with E-state index in [0.29, 0.717) is 36.5 Å². The summed E-state index contributed by atoms with van der Waals surface area (Å²) < 4.78 is 5.49. The molecule has 5 heteroatoms. The molecule has 0 radical (unpaired) electrons. The number of hydrogen-bond donors (Lipinski definition) is 2. The topological polar surface area (TPSA) is 63.0 Å². The SMILES string of the molecule is CC(C)CC(C)Nc1nnc(CNC(C)C)o1. The second-order valence-electron chi connectivity index (χ2n) is 5.21. The summed E-state index contributed by atoms with van der Waals surface area (Å²) in [5, 5.41) is 14.4. The van der Waals surface area contributed by atoms with Gasteiger partial charge in [-0.3, -0.25) is 0 Å². The van der Waals surface area contributed by atoms with Crippen LogP contribution >= 0.6 is 0 Å². The van der Waals surface area contributed by atoms with Crippen molar-refractivity contribution in [3.05, 3.63) is 5.89 Å². The van der Waals surface area contributed by atoms with E-state index >= 15 is 0 Å². The first kappa shape index (κ1) is 14.0. The maximum Gasteiger partial charge on any atom is 0.315 e. The van der Waals surface area contributed by atoms with E-state index in [1.165, 1.54) is 0 Å². The molecule has 0 saturated carbocycles. The van der Waals surface area contributed by atoms with Gasteiger partial charge in [0, 0.05) is 12.1 Å². The van der Waals surface area contributed by atoms with Gasteiger partial charge in [0.15, 0.2) is 0 Å². The minimum atomic E-state index is 0.348. The lowest BCUT2D eigenvalue weighted by Gasteiger charge is -2.13. The normalized spacial score (nSPS) is 13.4. The molecule has 0 fully saturated rings. The highest BCUT2D eigenvalue weighted by atomic mass is 16.4. The molecule has 0 saturated heterocycles. The van der Waals surface area contributed by atoms with Gasteiger partial charge >= 0.3 is 6.01 Å². The summed E-state index contributed by atoms with van der Waals surface area (Å²) in [5.74, 6) is 1.28. The van der Waals surface area contributed by atoms with Crippen LogP contribution in [0.1, 0.15) is 46.9 Å². The summed E-state index contributed by atoms with van der Waals surface area (Å²) in [6.07, 6.45) is 1.09. The number of nitrogens with one attached hydrogen (secondary N) is 2. The molecule has 1 aromatic heterocycles. The lowest BCUT2D eigenvalue weighted by Crippen LogP contribution is -2.21. The largest absolute Gasteiger partial charge is 0.407 e. The second kappa shape index (κ2) is 6.59. The van der Waals surface area contributed by atoms with E-state index in [1.807, 2.05) is 0 Å². The minimum Gasteiger partial charge on any atom is -0.407 e. The molecule has 0 spiro atoms. The first-order chi connectivity index (χ1) is 7.97. The van der Waals surface area contributed by atoms with E-state index in [-0.39, 0.29) is 0 Å². The first-order valence-electron chi connectivity index (χ1n) is 6.29. The van der Waals surface area contributed by atoms with Crippen LogP contribution in [0, 0.1) is 5.92 Å². The van der Waals surface area contributed by atoms with E-state index in [1.54, 1.807) is 0 Å². The summed E-state index contributed by atoms with van der Waals surface area (Å²) in [6.45, 7) is 11.3. The highest BCUT2D eigenvalue weighted by Gasteiger charge is 2.10. The third-order valence-electron chi connectivity index (χ3n) is 2.32. The van der Waals surface area contributed by atoms with Gasteiger partial charge in [-0.05, 0) is 19.3 Å². The van der Waals surface area contributed by atoms with Crippen LogP contribution in [0.3, 0.4) is 0 Å². The zero-order valence-corrected chi connectivity index (χ0v) is 11.4. The highest BCUT2D eigenvalue weighted by molar-refractivity contribution is 5.18. The minimum absolute atomic E-state index is 0.348. The fourth-order valence-electron chi connectivity index (χ4n) is 1.65. The Kier molecular flexibility index (Phi) is 5.41. The molecule has 0 aliphatic carbocycles. The van der Waals surface area contributed by atoms with Crippen molar-refractivity contribution >= 4 is 6.01 Å². The summed E-state index contributed by atoms with van der Waals surface area (Å²) in [6, 6.07) is 1.28. The first-order valence-corrected chi connectivity index (χ1v) is 6.29. The molecule has 0 bridgehead atoms. The van der Waals surface area contributed by atoms with Crippen LogP contribution in [0.25, 0.3) is 0 Å². The second-order valence-corrected chi connectivity index (χ2v) is 5.21. The van der Waals surface area contributed by atoms with Gasteiger partial charge in [-0.2, -0.15) is 0 Å². The van der Waals surface area contributed by atoms with E-state index in [2.05, 4.69) is 55.4 Å². The van der Waals surface area contributed by atoms with Crippen molar-refractivity contribution in [2.45, 2.75) is 59.7 Å². The van der Waals surface area contributed by atoms with Crippen molar-refractivity contribution < 1.29 is 4.42 Å². The summed E-state index contributed by atoms with van der Waals surface area (Å²) in [4.78, 5) is 0. The van der Waals surface area contributed by atoms with E-state index < -0.39 is 0 Å². The van der Waals surface area contributed by atoms with Crippen molar-refractivity contribution in [1.29, 1.82) is 0 Å². The molecule has 0 amide bonds. The van der Waals surface area contributed by atoms with Gasteiger partial charge < -0.3 is 15.1 Å². The third-order valence-corrected chi connectivity index (χ3v) is 2.32. The van der Waals surface area contributed by atoms with Gasteiger partial charge in [0.25, 0.3) is 0 Å². The maximum absolute atomic E-state index is 5.49. The van der Waals surface area contributed by atoms with Crippen molar-refractivity contribution in [2.24, 2.45) is 5.92 Å². The molecule has 0 aromatic carbocycles. The molecule has 2 N–H and O–H groups in total. The predicted octanol–water partition coefficient (Wildman–Crippen LogP) is 2.41. The number of hydrogen-bond acceptors (Lipinski definition) is 5. The van der Waals surface area contributed by atoms with E-state index in [4.69, 9.17) is 4.42 Å². The van der Waals surface area contributed by atoms with Crippen LogP contribution in [-0.2, 0) is 6.54 Å². The molecule has 1 aromatic rings. The number of aromatic nitrogens is 2. The van der Waals surface area contributed by atoms with Gasteiger partial charge in [-0.1, -0.05) is 32.8 Å². The lowest BCUT2D eigenvalue weighted by molar-refractivity contribution is 0.450. The van der Waals surface area contributed by atoms with Crippen molar-refractivity contribution in [1.82, 2.24) is 15.5 Å². The number of rotatable bonds is 7. The summed E-state index contributed by atoms with van der Waals surface area (Å²) in [7, 11) is 0. The Morgan fingerprint density at radius 3 is 2.41 bits per heavy atom. The van der Waals surface area contributed by atoms with Crippen LogP contribution < -0.4 is 10.6 Å². The van der Waals surface area contributed by atoms with Crippen LogP contribution in [0.5, 0.6) is 0 Å². The van der Waals surface area contributed by atoms with E-state index in [0.717, 1.165) is 6.42 Å². The van der Waals surface area contributed by atoms with Crippen molar-refractivity contribution in [3.8, 4) is 0 Å². The molecular formula is C12H24N4O. The van der Waals surface area contributed by atoms with Gasteiger partial charge in [0.2, 0.25) is 5.89 Å². The molecular weight excluding hydrogens is 216 g/mol. The maximum atomic E-state index is 5.49. The quantitative estimate of drug-likeness (QED) is 0.766. The summed E-state index contributed by atoms with van der Waals surface area (Å²) >= 11 is 0. The van der Waals surface area contributed by atoms with Crippen LogP contribution in [0.2, 0.25) is 0 Å². The van der Waals surface area contributed by atoms with Crippen molar-refractivity contribution in [3.63, 3.8) is 0 Å². The van der Waals surface area contributed by atoms with Crippen LogP contribution in [0.4, 0.5) is 6.01 Å². The van der Waals surface area contributed by atoms with Crippen molar-refractivity contribution in [2.75, 3.05) is 5.32 Å². The van der Waals surface area contributed by atoms with Gasteiger partial charge in [0.05, 0.1) is 6.54 Å². The fourth-order valence-corrected chi connectivity index (χ4v) is 1.65. The Morgan fingerprint density at radius 1 is 1.12 bits per heavy atom. The van der Waals surface area contributed by atoms with Crippen LogP contribution in [0.15, 0.2) is 4.42 Å². The molecule has 1 atom stereocenters. The smallest absolute Gasteiger partial charge is 0.315 e. The summed E-state index contributed by atoms with van der Waals surface area (Å²) in [5.41, 5.74) is 0.